The topological polar surface area (TPSA) is 35.0 Å². The molecule has 0 saturated carbocycles. The van der Waals surface area contributed by atoms with Gasteiger partial charge in [0.05, 0.1) is 24.7 Å². The van der Waals surface area contributed by atoms with Gasteiger partial charge in [-0.15, -0.1) is 0 Å². The molecule has 3 nitrogen and oxygen atoms in total. The smallest absolute Gasteiger partial charge is 0.140 e. The normalized spacial score (nSPS) is 16.6. The summed E-state index contributed by atoms with van der Waals surface area (Å²) in [5.74, 6) is 1.68. The monoisotopic (exact) mass is 272 g/mol. The molecule has 0 saturated heterocycles. The van der Waals surface area contributed by atoms with E-state index in [9.17, 15) is 0 Å². The predicted molar refractivity (Wildman–Crippen MR) is 71.5 cm³/mol. The zero-order chi connectivity index (χ0) is 12.3. The predicted octanol–water partition coefficient (Wildman–Crippen LogP) is 3.23. The van der Waals surface area contributed by atoms with E-state index in [1.165, 1.54) is 0 Å². The SMILES string of the molecule is CCC(C)SCc1nc(Cl)c2c(n1)CCOC2. The minimum Gasteiger partial charge on any atom is -0.376 e. The first-order valence-electron chi connectivity index (χ1n) is 5.94. The van der Waals surface area contributed by atoms with E-state index in [0.717, 1.165) is 42.3 Å². The molecule has 0 N–H and O–H groups in total. The Morgan fingerprint density at radius 2 is 2.29 bits per heavy atom. The summed E-state index contributed by atoms with van der Waals surface area (Å²) in [6.45, 7) is 5.69. The van der Waals surface area contributed by atoms with Crippen molar-refractivity contribution in [2.24, 2.45) is 0 Å². The van der Waals surface area contributed by atoms with Crippen molar-refractivity contribution in [3.05, 3.63) is 22.2 Å². The number of thioether (sulfide) groups is 1. The van der Waals surface area contributed by atoms with Crippen molar-refractivity contribution in [1.29, 1.82) is 0 Å². The second-order valence-electron chi connectivity index (χ2n) is 4.19. The van der Waals surface area contributed by atoms with E-state index < -0.39 is 0 Å². The van der Waals surface area contributed by atoms with Crippen molar-refractivity contribution in [3.63, 3.8) is 0 Å². The first-order chi connectivity index (χ1) is 8.20. The lowest BCUT2D eigenvalue weighted by Crippen LogP contribution is -2.15. The Bertz CT molecular complexity index is 400. The molecule has 1 aromatic heterocycles. The Hall–Kier alpha value is -0.320. The van der Waals surface area contributed by atoms with Gasteiger partial charge in [0.25, 0.3) is 0 Å². The summed E-state index contributed by atoms with van der Waals surface area (Å²) in [6, 6.07) is 0. The van der Waals surface area contributed by atoms with Crippen LogP contribution in [0.1, 0.15) is 37.4 Å². The lowest BCUT2D eigenvalue weighted by molar-refractivity contribution is 0.109. The molecule has 0 aliphatic carbocycles. The Balaban J connectivity index is 2.11. The van der Waals surface area contributed by atoms with Crippen molar-refractivity contribution in [1.82, 2.24) is 9.97 Å². The molecule has 0 spiro atoms. The van der Waals surface area contributed by atoms with Crippen molar-refractivity contribution in [2.75, 3.05) is 6.61 Å². The van der Waals surface area contributed by atoms with E-state index in [2.05, 4.69) is 23.8 Å². The quantitative estimate of drug-likeness (QED) is 0.789. The minimum atomic E-state index is 0.549. The molecule has 1 unspecified atom stereocenters. The van der Waals surface area contributed by atoms with Crippen LogP contribution in [0.15, 0.2) is 0 Å². The van der Waals surface area contributed by atoms with Gasteiger partial charge in [0.2, 0.25) is 0 Å². The minimum absolute atomic E-state index is 0.549. The average molecular weight is 273 g/mol. The third-order valence-electron chi connectivity index (χ3n) is 2.89. The van der Waals surface area contributed by atoms with Crippen molar-refractivity contribution in [2.45, 2.75) is 44.3 Å². The first kappa shape index (κ1) is 13.1. The van der Waals surface area contributed by atoms with Crippen LogP contribution in [-0.4, -0.2) is 21.8 Å². The zero-order valence-electron chi connectivity index (χ0n) is 10.2. The number of fused-ring (bicyclic) bond motifs is 1. The molecular weight excluding hydrogens is 256 g/mol. The number of hydrogen-bond donors (Lipinski definition) is 0. The molecule has 0 bridgehead atoms. The van der Waals surface area contributed by atoms with Crippen LogP contribution in [0.4, 0.5) is 0 Å². The van der Waals surface area contributed by atoms with Crippen molar-refractivity contribution < 1.29 is 4.74 Å². The molecular formula is C12H17ClN2OS. The molecule has 0 amide bonds. The van der Waals surface area contributed by atoms with Crippen LogP contribution in [0.5, 0.6) is 0 Å². The van der Waals surface area contributed by atoms with Gasteiger partial charge in [-0.3, -0.25) is 0 Å². The highest BCUT2D eigenvalue weighted by atomic mass is 35.5. The van der Waals surface area contributed by atoms with E-state index >= 15 is 0 Å². The maximum Gasteiger partial charge on any atom is 0.140 e. The van der Waals surface area contributed by atoms with Gasteiger partial charge in [-0.1, -0.05) is 25.4 Å². The van der Waals surface area contributed by atoms with Gasteiger partial charge < -0.3 is 4.74 Å². The molecule has 1 aliphatic heterocycles. The molecule has 0 fully saturated rings. The molecule has 2 heterocycles. The summed E-state index contributed by atoms with van der Waals surface area (Å²) in [5.41, 5.74) is 2.03. The highest BCUT2D eigenvalue weighted by molar-refractivity contribution is 7.99. The van der Waals surface area contributed by atoms with Crippen LogP contribution in [0, 0.1) is 0 Å². The summed E-state index contributed by atoms with van der Waals surface area (Å²) in [6.07, 6.45) is 2.01. The van der Waals surface area contributed by atoms with Gasteiger partial charge in [0, 0.05) is 17.2 Å². The Kier molecular flexibility index (Phi) is 4.65. The maximum absolute atomic E-state index is 6.16. The standard InChI is InChI=1S/C12H17ClN2OS/c1-3-8(2)17-7-11-14-10-4-5-16-6-9(10)12(13)15-11/h8H,3-7H2,1-2H3. The first-order valence-corrected chi connectivity index (χ1v) is 7.37. The summed E-state index contributed by atoms with van der Waals surface area (Å²) >= 11 is 8.03. The second-order valence-corrected chi connectivity index (χ2v) is 5.97. The number of halogens is 1. The Morgan fingerprint density at radius 1 is 1.47 bits per heavy atom. The van der Waals surface area contributed by atoms with Crippen molar-refractivity contribution in [3.8, 4) is 0 Å². The van der Waals surface area contributed by atoms with Crippen molar-refractivity contribution >= 4 is 23.4 Å². The van der Waals surface area contributed by atoms with Gasteiger partial charge in [-0.2, -0.15) is 11.8 Å². The van der Waals surface area contributed by atoms with Crippen LogP contribution < -0.4 is 0 Å². The zero-order valence-corrected chi connectivity index (χ0v) is 11.8. The van der Waals surface area contributed by atoms with Gasteiger partial charge in [0.1, 0.15) is 11.0 Å². The number of rotatable bonds is 4. The summed E-state index contributed by atoms with van der Waals surface area (Å²) in [5, 5.41) is 1.20. The fourth-order valence-corrected chi connectivity index (χ4v) is 2.70. The summed E-state index contributed by atoms with van der Waals surface area (Å²) in [7, 11) is 0. The number of aromatic nitrogens is 2. The lowest BCUT2D eigenvalue weighted by Gasteiger charge is -2.17. The summed E-state index contributed by atoms with van der Waals surface area (Å²) in [4.78, 5) is 8.93. The van der Waals surface area contributed by atoms with E-state index in [4.69, 9.17) is 16.3 Å². The van der Waals surface area contributed by atoms with Crippen LogP contribution in [-0.2, 0) is 23.5 Å². The number of hydrogen-bond acceptors (Lipinski definition) is 4. The number of nitrogens with zero attached hydrogens (tertiary/aromatic N) is 2. The molecule has 17 heavy (non-hydrogen) atoms. The van der Waals surface area contributed by atoms with Gasteiger partial charge >= 0.3 is 0 Å². The summed E-state index contributed by atoms with van der Waals surface area (Å²) < 4.78 is 5.36. The number of ether oxygens (including phenoxy) is 1. The van der Waals surface area contributed by atoms with Crippen LogP contribution >= 0.6 is 23.4 Å². The Labute approximate surface area is 111 Å². The molecule has 1 atom stereocenters. The van der Waals surface area contributed by atoms with Gasteiger partial charge in [0.15, 0.2) is 0 Å². The van der Waals surface area contributed by atoms with E-state index in [1.54, 1.807) is 0 Å². The fourth-order valence-electron chi connectivity index (χ4n) is 1.64. The second kappa shape index (κ2) is 6.03. The Morgan fingerprint density at radius 3 is 3.06 bits per heavy atom. The third kappa shape index (κ3) is 3.33. The molecule has 0 aromatic carbocycles. The fraction of sp³-hybridized carbons (Fsp3) is 0.667. The molecule has 1 aromatic rings. The maximum atomic E-state index is 6.16. The lowest BCUT2D eigenvalue weighted by atomic mass is 10.1. The molecule has 1 aliphatic rings. The highest BCUT2D eigenvalue weighted by Crippen LogP contribution is 2.24. The third-order valence-corrected chi connectivity index (χ3v) is 4.53. The van der Waals surface area contributed by atoms with E-state index in [0.29, 0.717) is 17.0 Å². The largest absolute Gasteiger partial charge is 0.376 e. The molecule has 0 radical (unpaired) electrons. The van der Waals surface area contributed by atoms with E-state index in [-0.39, 0.29) is 0 Å². The van der Waals surface area contributed by atoms with E-state index in [1.807, 2.05) is 11.8 Å². The van der Waals surface area contributed by atoms with Crippen LogP contribution in [0.25, 0.3) is 0 Å². The van der Waals surface area contributed by atoms with Gasteiger partial charge in [-0.05, 0) is 6.42 Å². The van der Waals surface area contributed by atoms with Crippen LogP contribution in [0.3, 0.4) is 0 Å². The van der Waals surface area contributed by atoms with Crippen LogP contribution in [0.2, 0.25) is 5.15 Å². The average Bonchev–Trinajstić information content (AvgIpc) is 2.36. The van der Waals surface area contributed by atoms with Gasteiger partial charge in [-0.25, -0.2) is 9.97 Å². The molecule has 94 valence electrons. The highest BCUT2D eigenvalue weighted by Gasteiger charge is 2.17. The molecule has 2 rings (SSSR count). The molecule has 5 heteroatoms.